The maximum absolute atomic E-state index is 13.1. The Bertz CT molecular complexity index is 849. The number of carbonyl (C=O) groups is 5. The molecule has 0 spiro atoms. The van der Waals surface area contributed by atoms with Gasteiger partial charge in [0, 0.05) is 12.5 Å². The van der Waals surface area contributed by atoms with E-state index in [2.05, 4.69) is 10.6 Å². The highest BCUT2D eigenvalue weighted by Gasteiger charge is 2.47. The van der Waals surface area contributed by atoms with Crippen molar-refractivity contribution in [3.8, 4) is 0 Å². The Kier molecular flexibility index (Phi) is 10.5. The Morgan fingerprint density at radius 1 is 0.919 bits per heavy atom. The molecule has 0 unspecified atom stereocenters. The number of carbonyl (C=O) groups excluding carboxylic acids is 3. The van der Waals surface area contributed by atoms with Crippen molar-refractivity contribution >= 4 is 29.8 Å². The zero-order chi connectivity index (χ0) is 26.9. The number of rotatable bonds is 13. The number of unbranched alkanes of at least 4 members (excludes halogenated alkanes) is 1. The summed E-state index contributed by atoms with van der Waals surface area (Å²) in [6, 6.07) is -3.42. The van der Waals surface area contributed by atoms with Crippen molar-refractivity contribution in [2.75, 3.05) is 6.54 Å². The third-order valence-corrected chi connectivity index (χ3v) is 7.80. The van der Waals surface area contributed by atoms with E-state index in [0.29, 0.717) is 25.8 Å². The average molecular weight is 525 g/mol. The van der Waals surface area contributed by atoms with Crippen LogP contribution in [-0.2, 0) is 23.9 Å². The summed E-state index contributed by atoms with van der Waals surface area (Å²) in [7, 11) is 0. The number of hydrogen-bond donors (Lipinski definition) is 5. The fourth-order valence-corrected chi connectivity index (χ4v) is 5.54. The van der Waals surface area contributed by atoms with Gasteiger partial charge in [0.25, 0.3) is 0 Å². The van der Waals surface area contributed by atoms with Crippen molar-refractivity contribution in [1.29, 1.82) is 0 Å². The van der Waals surface area contributed by atoms with Gasteiger partial charge in [0.05, 0.1) is 0 Å². The van der Waals surface area contributed by atoms with Gasteiger partial charge in [-0.05, 0) is 76.7 Å². The van der Waals surface area contributed by atoms with Gasteiger partial charge in [-0.1, -0.05) is 12.8 Å². The maximum atomic E-state index is 13.1. The molecule has 1 saturated heterocycles. The van der Waals surface area contributed by atoms with E-state index in [1.807, 2.05) is 0 Å². The number of nitrogens with zero attached hydrogens (tertiary/aromatic N) is 1. The fraction of sp³-hybridized carbons (Fsp3) is 0.800. The number of likely N-dealkylation sites (tertiary alicyclic amines) is 1. The lowest BCUT2D eigenvalue weighted by Crippen LogP contribution is -2.52. The van der Waals surface area contributed by atoms with Gasteiger partial charge >= 0.3 is 18.0 Å². The van der Waals surface area contributed by atoms with E-state index < -0.39 is 48.0 Å². The molecular formula is C25H40N4O8. The van der Waals surface area contributed by atoms with Crippen LogP contribution in [0.2, 0.25) is 0 Å². The summed E-state index contributed by atoms with van der Waals surface area (Å²) in [4.78, 5) is 63.4. The van der Waals surface area contributed by atoms with E-state index in [1.54, 1.807) is 0 Å². The minimum absolute atomic E-state index is 0.141. The SMILES string of the molecule is NCCCC[C@H](NC(=O)OC1CCC1)C(=O)N[C@H](CCC(=O)N1[C@H](C(=O)O)C[C@@H]2CCCC[C@@H]21)C(=O)O. The molecule has 0 aromatic heterocycles. The molecule has 0 bridgehead atoms. The second-order valence-corrected chi connectivity index (χ2v) is 10.4. The summed E-state index contributed by atoms with van der Waals surface area (Å²) in [6.07, 6.45) is 6.62. The highest BCUT2D eigenvalue weighted by atomic mass is 16.6. The molecule has 2 aliphatic carbocycles. The Hall–Kier alpha value is -2.89. The number of alkyl carbamates (subject to hydrolysis) is 1. The molecule has 2 saturated carbocycles. The van der Waals surface area contributed by atoms with Gasteiger partial charge in [-0.2, -0.15) is 0 Å². The first-order valence-electron chi connectivity index (χ1n) is 13.5. The van der Waals surface area contributed by atoms with Crippen molar-refractivity contribution < 1.29 is 38.9 Å². The van der Waals surface area contributed by atoms with Gasteiger partial charge in [0.1, 0.15) is 24.2 Å². The summed E-state index contributed by atoms with van der Waals surface area (Å²) >= 11 is 0. The molecular weight excluding hydrogens is 484 g/mol. The standard InChI is InChI=1S/C25H40N4O8/c26-13-4-3-9-17(28-25(36)37-16-7-5-8-16)22(31)27-18(23(32)33)11-12-21(30)29-19-10-2-1-6-15(19)14-20(29)24(34)35/h15-20H,1-14,26H2,(H,27,31)(H,28,36)(H,32,33)(H,34,35)/t15-,17-,18+,19-,20-/m0/s1. The number of hydrogen-bond acceptors (Lipinski definition) is 7. The molecule has 5 atom stereocenters. The van der Waals surface area contributed by atoms with Crippen LogP contribution < -0.4 is 16.4 Å². The average Bonchev–Trinajstić information content (AvgIpc) is 3.23. The van der Waals surface area contributed by atoms with Crippen LogP contribution in [0, 0.1) is 5.92 Å². The molecule has 6 N–H and O–H groups in total. The van der Waals surface area contributed by atoms with Crippen LogP contribution in [0.5, 0.6) is 0 Å². The lowest BCUT2D eigenvalue weighted by molar-refractivity contribution is -0.150. The number of carboxylic acids is 2. The molecule has 3 fully saturated rings. The third kappa shape index (κ3) is 7.80. The molecule has 1 aliphatic heterocycles. The smallest absolute Gasteiger partial charge is 0.408 e. The Morgan fingerprint density at radius 3 is 2.27 bits per heavy atom. The van der Waals surface area contributed by atoms with E-state index in [9.17, 15) is 34.2 Å². The monoisotopic (exact) mass is 524 g/mol. The largest absolute Gasteiger partial charge is 0.480 e. The number of amides is 3. The lowest BCUT2D eigenvalue weighted by atomic mass is 9.84. The molecule has 1 heterocycles. The topological polar surface area (TPSA) is 188 Å². The van der Waals surface area contributed by atoms with Crippen LogP contribution in [-0.4, -0.2) is 81.8 Å². The van der Waals surface area contributed by atoms with Crippen LogP contribution in [0.3, 0.4) is 0 Å². The minimum atomic E-state index is -1.37. The zero-order valence-electron chi connectivity index (χ0n) is 21.2. The van der Waals surface area contributed by atoms with E-state index in [1.165, 1.54) is 4.90 Å². The number of carboxylic acid groups (broad SMARTS) is 2. The van der Waals surface area contributed by atoms with Gasteiger partial charge in [-0.3, -0.25) is 9.59 Å². The molecule has 3 rings (SSSR count). The molecule has 0 radical (unpaired) electrons. The molecule has 12 nitrogen and oxygen atoms in total. The van der Waals surface area contributed by atoms with Gasteiger partial charge in [0.2, 0.25) is 11.8 Å². The van der Waals surface area contributed by atoms with Crippen molar-refractivity contribution in [1.82, 2.24) is 15.5 Å². The van der Waals surface area contributed by atoms with Crippen molar-refractivity contribution in [2.45, 2.75) is 114 Å². The van der Waals surface area contributed by atoms with Crippen LogP contribution in [0.15, 0.2) is 0 Å². The molecule has 3 aliphatic rings. The quantitative estimate of drug-likeness (QED) is 0.222. The maximum Gasteiger partial charge on any atom is 0.408 e. The normalized spacial score (nSPS) is 24.8. The molecule has 37 heavy (non-hydrogen) atoms. The first kappa shape index (κ1) is 28.7. The summed E-state index contributed by atoms with van der Waals surface area (Å²) in [6.45, 7) is 0.413. The summed E-state index contributed by atoms with van der Waals surface area (Å²) in [5.41, 5.74) is 5.53. The first-order chi connectivity index (χ1) is 17.7. The zero-order valence-corrected chi connectivity index (χ0v) is 21.2. The number of nitrogens with one attached hydrogen (secondary N) is 2. The van der Waals surface area contributed by atoms with Gasteiger partial charge in [-0.15, -0.1) is 0 Å². The molecule has 12 heteroatoms. The molecule has 208 valence electrons. The predicted octanol–water partition coefficient (Wildman–Crippen LogP) is 1.36. The third-order valence-electron chi connectivity index (χ3n) is 7.80. The van der Waals surface area contributed by atoms with E-state index in [0.717, 1.165) is 44.9 Å². The van der Waals surface area contributed by atoms with Crippen LogP contribution >= 0.6 is 0 Å². The number of fused-ring (bicyclic) bond motifs is 1. The summed E-state index contributed by atoms with van der Waals surface area (Å²) in [5, 5.41) is 24.3. The van der Waals surface area contributed by atoms with Crippen LogP contribution in [0.1, 0.15) is 83.5 Å². The summed E-state index contributed by atoms with van der Waals surface area (Å²) in [5.74, 6) is -3.31. The molecule has 0 aromatic rings. The number of nitrogens with two attached hydrogens (primary N) is 1. The van der Waals surface area contributed by atoms with E-state index in [4.69, 9.17) is 10.5 Å². The fourth-order valence-electron chi connectivity index (χ4n) is 5.54. The van der Waals surface area contributed by atoms with Crippen molar-refractivity contribution in [3.05, 3.63) is 0 Å². The van der Waals surface area contributed by atoms with E-state index in [-0.39, 0.29) is 37.3 Å². The van der Waals surface area contributed by atoms with Crippen LogP contribution in [0.25, 0.3) is 0 Å². The predicted molar refractivity (Wildman–Crippen MR) is 131 cm³/mol. The Labute approximate surface area is 216 Å². The van der Waals surface area contributed by atoms with Gasteiger partial charge < -0.3 is 36.2 Å². The molecule has 0 aromatic carbocycles. The highest BCUT2D eigenvalue weighted by Crippen LogP contribution is 2.40. The Balaban J connectivity index is 1.59. The minimum Gasteiger partial charge on any atom is -0.480 e. The van der Waals surface area contributed by atoms with Crippen molar-refractivity contribution in [3.63, 3.8) is 0 Å². The second kappa shape index (κ2) is 13.6. The second-order valence-electron chi connectivity index (χ2n) is 10.4. The van der Waals surface area contributed by atoms with Gasteiger partial charge in [0.15, 0.2) is 0 Å². The van der Waals surface area contributed by atoms with E-state index >= 15 is 0 Å². The molecule has 3 amide bonds. The highest BCUT2D eigenvalue weighted by molar-refractivity contribution is 5.90. The number of aliphatic carboxylic acids is 2. The lowest BCUT2D eigenvalue weighted by Gasteiger charge is -2.33. The summed E-state index contributed by atoms with van der Waals surface area (Å²) < 4.78 is 5.27. The van der Waals surface area contributed by atoms with Gasteiger partial charge in [-0.25, -0.2) is 14.4 Å². The van der Waals surface area contributed by atoms with Crippen LogP contribution in [0.4, 0.5) is 4.79 Å². The first-order valence-corrected chi connectivity index (χ1v) is 13.5. The van der Waals surface area contributed by atoms with Crippen molar-refractivity contribution in [2.24, 2.45) is 11.7 Å². The Morgan fingerprint density at radius 2 is 1.65 bits per heavy atom. The number of ether oxygens (including phenoxy) is 1.